The SMILES string of the molecule is Cc1c(NC(=O)N2C[C@@H](CC(C)C)[C@@H](O)C2)cc(F)cc1-c1ncnc2[nH]c(OS(=O)(=O)CCCc3ccccc3)cc12. The van der Waals surface area contributed by atoms with Crippen LogP contribution in [0.1, 0.15) is 37.8 Å². The normalized spacial score (nSPS) is 17.1. The molecule has 10 nitrogen and oxygen atoms in total. The third kappa shape index (κ3) is 7.31. The van der Waals surface area contributed by atoms with Gasteiger partial charge in [0, 0.05) is 41.7 Å². The molecule has 12 heteroatoms. The molecule has 2 aromatic heterocycles. The minimum absolute atomic E-state index is 0.0121. The minimum Gasteiger partial charge on any atom is -0.391 e. The summed E-state index contributed by atoms with van der Waals surface area (Å²) >= 11 is 0. The number of aromatic nitrogens is 3. The predicted molar refractivity (Wildman–Crippen MR) is 163 cm³/mol. The lowest BCUT2D eigenvalue weighted by Gasteiger charge is -2.19. The van der Waals surface area contributed by atoms with Gasteiger partial charge in [-0.25, -0.2) is 19.2 Å². The van der Waals surface area contributed by atoms with E-state index in [0.717, 1.165) is 12.0 Å². The first-order valence-electron chi connectivity index (χ1n) is 14.3. The largest absolute Gasteiger partial charge is 0.391 e. The lowest BCUT2D eigenvalue weighted by molar-refractivity contribution is 0.132. The number of carbonyl (C=O) groups excluding carboxylic acids is 1. The van der Waals surface area contributed by atoms with Gasteiger partial charge in [0.05, 0.1) is 17.6 Å². The number of likely N-dealkylation sites (tertiary alicyclic amines) is 1. The Morgan fingerprint density at radius 3 is 2.70 bits per heavy atom. The summed E-state index contributed by atoms with van der Waals surface area (Å²) in [5.41, 5.74) is 2.93. The zero-order valence-electron chi connectivity index (χ0n) is 24.4. The number of hydrogen-bond acceptors (Lipinski definition) is 7. The predicted octanol–water partition coefficient (Wildman–Crippen LogP) is 5.28. The highest BCUT2D eigenvalue weighted by molar-refractivity contribution is 7.87. The number of halogens is 1. The van der Waals surface area contributed by atoms with Crippen molar-refractivity contribution in [2.75, 3.05) is 24.2 Å². The first kappa shape index (κ1) is 30.4. The van der Waals surface area contributed by atoms with Gasteiger partial charge in [-0.15, -0.1) is 0 Å². The van der Waals surface area contributed by atoms with E-state index in [9.17, 15) is 22.7 Å². The quantitative estimate of drug-likeness (QED) is 0.208. The summed E-state index contributed by atoms with van der Waals surface area (Å²) in [6, 6.07) is 13.2. The summed E-state index contributed by atoms with van der Waals surface area (Å²) in [7, 11) is -3.90. The Hall–Kier alpha value is -4.03. The second kappa shape index (κ2) is 12.7. The average molecular weight is 610 g/mol. The maximum Gasteiger partial charge on any atom is 0.321 e. The van der Waals surface area contributed by atoms with Gasteiger partial charge in [-0.05, 0) is 55.4 Å². The number of nitrogens with one attached hydrogen (secondary N) is 2. The van der Waals surface area contributed by atoms with Crippen molar-refractivity contribution in [3.63, 3.8) is 0 Å². The lowest BCUT2D eigenvalue weighted by Crippen LogP contribution is -2.34. The fourth-order valence-corrected chi connectivity index (χ4v) is 6.50. The first-order chi connectivity index (χ1) is 20.5. The number of carbonyl (C=O) groups is 1. The molecular formula is C31H36FN5O5S. The van der Waals surface area contributed by atoms with E-state index in [1.54, 1.807) is 11.8 Å². The molecule has 43 heavy (non-hydrogen) atoms. The van der Waals surface area contributed by atoms with Crippen molar-refractivity contribution in [2.45, 2.75) is 46.1 Å². The van der Waals surface area contributed by atoms with E-state index in [-0.39, 0.29) is 29.8 Å². The molecule has 5 rings (SSSR count). The maximum atomic E-state index is 14.9. The number of benzene rings is 2. The number of fused-ring (bicyclic) bond motifs is 1. The summed E-state index contributed by atoms with van der Waals surface area (Å²) in [6.07, 6.45) is 2.47. The third-order valence-corrected chi connectivity index (χ3v) is 8.88. The zero-order chi connectivity index (χ0) is 30.7. The smallest absolute Gasteiger partial charge is 0.321 e. The van der Waals surface area contributed by atoms with Gasteiger partial charge in [0.1, 0.15) is 17.8 Å². The highest BCUT2D eigenvalue weighted by Gasteiger charge is 2.34. The summed E-state index contributed by atoms with van der Waals surface area (Å²) < 4.78 is 45.6. The molecule has 2 atom stereocenters. The van der Waals surface area contributed by atoms with Crippen LogP contribution in [0.2, 0.25) is 0 Å². The van der Waals surface area contributed by atoms with Crippen LogP contribution in [-0.2, 0) is 16.5 Å². The van der Waals surface area contributed by atoms with Crippen LogP contribution in [0.5, 0.6) is 5.88 Å². The van der Waals surface area contributed by atoms with Crippen LogP contribution in [-0.4, -0.2) is 64.4 Å². The van der Waals surface area contributed by atoms with E-state index in [1.165, 1.54) is 24.5 Å². The highest BCUT2D eigenvalue weighted by atomic mass is 32.2. The Balaban J connectivity index is 1.34. The van der Waals surface area contributed by atoms with E-state index >= 15 is 0 Å². The number of β-amino-alcohol motifs (C(OH)–C–C–N with tert-alkyl or cyclic N) is 1. The fraction of sp³-hybridized carbons (Fsp3) is 0.387. The van der Waals surface area contributed by atoms with Gasteiger partial charge >= 0.3 is 16.1 Å². The number of urea groups is 1. The van der Waals surface area contributed by atoms with Crippen LogP contribution in [0.25, 0.3) is 22.3 Å². The van der Waals surface area contributed by atoms with Gasteiger partial charge in [0.25, 0.3) is 0 Å². The Bertz CT molecular complexity index is 1710. The molecule has 3 N–H and O–H groups in total. The summed E-state index contributed by atoms with van der Waals surface area (Å²) in [5.74, 6) is -0.410. The Morgan fingerprint density at radius 2 is 1.95 bits per heavy atom. The molecule has 2 aromatic carbocycles. The monoisotopic (exact) mass is 609 g/mol. The molecule has 0 spiro atoms. The van der Waals surface area contributed by atoms with Crippen LogP contribution < -0.4 is 9.50 Å². The van der Waals surface area contributed by atoms with E-state index in [2.05, 4.69) is 34.1 Å². The molecule has 1 aliphatic heterocycles. The van der Waals surface area contributed by atoms with Gasteiger partial charge in [-0.2, -0.15) is 8.42 Å². The van der Waals surface area contributed by atoms with Crippen molar-refractivity contribution in [2.24, 2.45) is 11.8 Å². The number of H-pyrrole nitrogens is 1. The first-order valence-corrected chi connectivity index (χ1v) is 15.9. The standard InChI is InChI=1S/C31H36FN5O5S/c1-19(2)12-22-16-37(17-27(22)38)31(39)35-26-14-23(32)13-24(20(26)3)29-25-15-28(36-30(25)34-18-33-29)42-43(40,41)11-7-10-21-8-5-4-6-9-21/h4-6,8-9,13-15,18-19,22,27,38H,7,10-12,16-17H2,1-3H3,(H,35,39)(H,33,34,36)/t22-,27+/m1/s1. The van der Waals surface area contributed by atoms with E-state index < -0.39 is 28.1 Å². The number of amides is 2. The number of rotatable bonds is 10. The van der Waals surface area contributed by atoms with Crippen molar-refractivity contribution in [1.29, 1.82) is 0 Å². The van der Waals surface area contributed by atoms with E-state index in [4.69, 9.17) is 4.18 Å². The molecule has 0 saturated carbocycles. The minimum atomic E-state index is -3.90. The molecule has 228 valence electrons. The second-order valence-electron chi connectivity index (χ2n) is 11.5. The van der Waals surface area contributed by atoms with Crippen molar-refractivity contribution >= 4 is 32.9 Å². The topological polar surface area (TPSA) is 138 Å². The third-order valence-electron chi connectivity index (χ3n) is 7.66. The van der Waals surface area contributed by atoms with Crippen LogP contribution in [0.4, 0.5) is 14.9 Å². The van der Waals surface area contributed by atoms with Crippen molar-refractivity contribution in [3.8, 4) is 17.1 Å². The number of aliphatic hydroxyl groups is 1. The molecule has 1 fully saturated rings. The van der Waals surface area contributed by atoms with Crippen LogP contribution in [0.15, 0.2) is 54.9 Å². The Morgan fingerprint density at radius 1 is 1.19 bits per heavy atom. The number of aliphatic hydroxyl groups excluding tert-OH is 1. The Kier molecular flexibility index (Phi) is 8.97. The van der Waals surface area contributed by atoms with Gasteiger partial charge in [-0.3, -0.25) is 0 Å². The van der Waals surface area contributed by atoms with Crippen LogP contribution in [0, 0.1) is 24.6 Å². The molecule has 2 amide bonds. The van der Waals surface area contributed by atoms with Crippen LogP contribution >= 0.6 is 0 Å². The molecular weight excluding hydrogens is 573 g/mol. The molecule has 4 aromatic rings. The fourth-order valence-electron chi connectivity index (χ4n) is 5.56. The van der Waals surface area contributed by atoms with Gasteiger partial charge in [0.15, 0.2) is 0 Å². The number of aromatic amines is 1. The number of aryl methyl sites for hydroxylation is 1. The molecule has 0 radical (unpaired) electrons. The molecule has 1 aliphatic rings. The van der Waals surface area contributed by atoms with Gasteiger partial charge < -0.3 is 24.5 Å². The number of hydrogen-bond donors (Lipinski definition) is 3. The summed E-state index contributed by atoms with van der Waals surface area (Å²) in [5, 5.41) is 13.7. The second-order valence-corrected chi connectivity index (χ2v) is 13.2. The van der Waals surface area contributed by atoms with Crippen molar-refractivity contribution in [1.82, 2.24) is 19.9 Å². The van der Waals surface area contributed by atoms with E-state index in [1.807, 2.05) is 30.3 Å². The van der Waals surface area contributed by atoms with Crippen molar-refractivity contribution < 1.29 is 26.9 Å². The highest BCUT2D eigenvalue weighted by Crippen LogP contribution is 2.35. The maximum absolute atomic E-state index is 14.9. The summed E-state index contributed by atoms with van der Waals surface area (Å²) in [6.45, 7) is 6.50. The zero-order valence-corrected chi connectivity index (χ0v) is 25.2. The number of anilines is 1. The van der Waals surface area contributed by atoms with E-state index in [0.29, 0.717) is 53.2 Å². The number of nitrogens with zero attached hydrogens (tertiary/aromatic N) is 3. The molecule has 1 saturated heterocycles. The summed E-state index contributed by atoms with van der Waals surface area (Å²) in [4.78, 5) is 26.0. The molecule has 0 bridgehead atoms. The van der Waals surface area contributed by atoms with Gasteiger partial charge in [0.2, 0.25) is 5.88 Å². The Labute approximate surface area is 250 Å². The van der Waals surface area contributed by atoms with Gasteiger partial charge in [-0.1, -0.05) is 44.2 Å². The van der Waals surface area contributed by atoms with Crippen molar-refractivity contribution in [3.05, 3.63) is 71.8 Å². The van der Waals surface area contributed by atoms with Crippen LogP contribution in [0.3, 0.4) is 0 Å². The molecule has 3 heterocycles. The molecule has 0 aliphatic carbocycles. The molecule has 0 unspecified atom stereocenters. The lowest BCUT2D eigenvalue weighted by atomic mass is 9.95. The average Bonchev–Trinajstić information content (AvgIpc) is 3.52.